The summed E-state index contributed by atoms with van der Waals surface area (Å²) in [6.07, 6.45) is 0.704. The number of rotatable bonds is 5. The van der Waals surface area contributed by atoms with Crippen molar-refractivity contribution in [2.45, 2.75) is 12.5 Å². The van der Waals surface area contributed by atoms with Crippen LogP contribution in [0.3, 0.4) is 0 Å². The highest BCUT2D eigenvalue weighted by Gasteiger charge is 2.30. The van der Waals surface area contributed by atoms with Crippen LogP contribution in [0.5, 0.6) is 11.5 Å². The number of para-hydroxylation sites is 1. The maximum Gasteiger partial charge on any atom is 0.161 e. The smallest absolute Gasteiger partial charge is 0.161 e. The summed E-state index contributed by atoms with van der Waals surface area (Å²) in [5, 5.41) is 6.88. The number of hydrogen-bond acceptors (Lipinski definition) is 4. The molecule has 0 N–H and O–H groups in total. The van der Waals surface area contributed by atoms with Crippen LogP contribution in [-0.4, -0.2) is 19.9 Å². The second-order valence-electron chi connectivity index (χ2n) is 6.57. The topological polar surface area (TPSA) is 34.1 Å². The minimum absolute atomic E-state index is 0.00209. The molecule has 1 aliphatic heterocycles. The first-order valence-electron chi connectivity index (χ1n) is 9.09. The molecule has 0 fully saturated rings. The molecule has 0 aliphatic carbocycles. The van der Waals surface area contributed by atoms with Gasteiger partial charge in [-0.25, -0.2) is 4.39 Å². The third kappa shape index (κ3) is 3.43. The van der Waals surface area contributed by atoms with Gasteiger partial charge in [0, 0.05) is 6.42 Å². The zero-order valence-electron chi connectivity index (χ0n) is 15.8. The zero-order valence-corrected chi connectivity index (χ0v) is 15.8. The second-order valence-corrected chi connectivity index (χ2v) is 6.57. The van der Waals surface area contributed by atoms with Gasteiger partial charge < -0.3 is 9.47 Å². The molecule has 0 radical (unpaired) electrons. The summed E-state index contributed by atoms with van der Waals surface area (Å²) in [7, 11) is 3.25. The number of methoxy groups -OCH3 is 2. The van der Waals surface area contributed by atoms with Crippen LogP contribution in [0.1, 0.15) is 23.6 Å². The number of nitrogens with zero attached hydrogens (tertiary/aromatic N) is 2. The summed E-state index contributed by atoms with van der Waals surface area (Å²) >= 11 is 0. The number of hydrazone groups is 1. The van der Waals surface area contributed by atoms with E-state index in [1.165, 1.54) is 12.1 Å². The Balaban J connectivity index is 1.74. The van der Waals surface area contributed by atoms with Gasteiger partial charge in [0.1, 0.15) is 5.82 Å². The predicted molar refractivity (Wildman–Crippen MR) is 109 cm³/mol. The van der Waals surface area contributed by atoms with Gasteiger partial charge in [0.05, 0.1) is 31.7 Å². The lowest BCUT2D eigenvalue weighted by Crippen LogP contribution is -2.18. The molecule has 0 saturated heterocycles. The van der Waals surface area contributed by atoms with Crippen LogP contribution in [0, 0.1) is 5.82 Å². The molecule has 4 rings (SSSR count). The fourth-order valence-corrected chi connectivity index (χ4v) is 3.47. The molecule has 0 bridgehead atoms. The normalized spacial score (nSPS) is 16.0. The largest absolute Gasteiger partial charge is 0.493 e. The molecule has 3 aromatic rings. The minimum atomic E-state index is -0.251. The Morgan fingerprint density at radius 1 is 0.893 bits per heavy atom. The van der Waals surface area contributed by atoms with Gasteiger partial charge in [-0.15, -0.1) is 0 Å². The van der Waals surface area contributed by atoms with E-state index >= 15 is 0 Å². The van der Waals surface area contributed by atoms with Crippen LogP contribution >= 0.6 is 0 Å². The van der Waals surface area contributed by atoms with Gasteiger partial charge >= 0.3 is 0 Å². The molecule has 5 heteroatoms. The van der Waals surface area contributed by atoms with E-state index in [9.17, 15) is 4.39 Å². The zero-order chi connectivity index (χ0) is 19.5. The van der Waals surface area contributed by atoms with Crippen molar-refractivity contribution >= 4 is 11.4 Å². The summed E-state index contributed by atoms with van der Waals surface area (Å²) in [4.78, 5) is 0. The van der Waals surface area contributed by atoms with Gasteiger partial charge in [0.15, 0.2) is 11.5 Å². The van der Waals surface area contributed by atoms with Crippen molar-refractivity contribution in [1.82, 2.24) is 0 Å². The van der Waals surface area contributed by atoms with Crippen LogP contribution < -0.4 is 14.5 Å². The van der Waals surface area contributed by atoms with Crippen molar-refractivity contribution in [1.29, 1.82) is 0 Å². The van der Waals surface area contributed by atoms with Gasteiger partial charge in [0.2, 0.25) is 0 Å². The molecule has 1 atom stereocenters. The summed E-state index contributed by atoms with van der Waals surface area (Å²) in [6.45, 7) is 0. The quantitative estimate of drug-likeness (QED) is 0.614. The van der Waals surface area contributed by atoms with Crippen LogP contribution in [0.15, 0.2) is 77.9 Å². The van der Waals surface area contributed by atoms with Crippen molar-refractivity contribution in [3.05, 3.63) is 89.7 Å². The van der Waals surface area contributed by atoms with E-state index in [0.29, 0.717) is 17.9 Å². The first-order valence-corrected chi connectivity index (χ1v) is 9.09. The van der Waals surface area contributed by atoms with Gasteiger partial charge in [-0.05, 0) is 47.5 Å². The van der Waals surface area contributed by atoms with E-state index in [0.717, 1.165) is 22.5 Å². The lowest BCUT2D eigenvalue weighted by molar-refractivity contribution is 0.354. The van der Waals surface area contributed by atoms with Crippen molar-refractivity contribution in [3.8, 4) is 11.5 Å². The SMILES string of the molecule is COc1ccc([C@H]2CC(c3ccc(F)cc3)=NN2c2ccccc2)cc1OC. The highest BCUT2D eigenvalue weighted by molar-refractivity contribution is 6.03. The lowest BCUT2D eigenvalue weighted by Gasteiger charge is -2.24. The highest BCUT2D eigenvalue weighted by Crippen LogP contribution is 2.39. The number of anilines is 1. The summed E-state index contributed by atoms with van der Waals surface area (Å²) < 4.78 is 24.2. The molecule has 0 saturated carbocycles. The Bertz CT molecular complexity index is 987. The van der Waals surface area contributed by atoms with Crippen molar-refractivity contribution in [2.75, 3.05) is 19.2 Å². The number of hydrogen-bond donors (Lipinski definition) is 0. The van der Waals surface area contributed by atoms with E-state index in [2.05, 4.69) is 0 Å². The molecular weight excluding hydrogens is 355 g/mol. The van der Waals surface area contributed by atoms with E-state index < -0.39 is 0 Å². The average Bonchev–Trinajstić information content (AvgIpc) is 3.20. The third-order valence-corrected chi connectivity index (χ3v) is 4.90. The fraction of sp³-hybridized carbons (Fsp3) is 0.174. The van der Waals surface area contributed by atoms with E-state index in [-0.39, 0.29) is 11.9 Å². The summed E-state index contributed by atoms with van der Waals surface area (Å²) in [5.74, 6) is 1.12. The van der Waals surface area contributed by atoms with E-state index in [1.807, 2.05) is 53.5 Å². The first-order chi connectivity index (χ1) is 13.7. The fourth-order valence-electron chi connectivity index (χ4n) is 3.47. The Morgan fingerprint density at radius 3 is 2.29 bits per heavy atom. The average molecular weight is 376 g/mol. The van der Waals surface area contributed by atoms with Gasteiger partial charge in [-0.1, -0.05) is 36.4 Å². The summed E-state index contributed by atoms with van der Waals surface area (Å²) in [5.41, 5.74) is 3.91. The maximum atomic E-state index is 13.3. The molecule has 0 unspecified atom stereocenters. The second kappa shape index (κ2) is 7.72. The van der Waals surface area contributed by atoms with Gasteiger partial charge in [-0.2, -0.15) is 5.10 Å². The highest BCUT2D eigenvalue weighted by atomic mass is 19.1. The molecule has 3 aromatic carbocycles. The lowest BCUT2D eigenvalue weighted by atomic mass is 9.97. The van der Waals surface area contributed by atoms with E-state index in [1.54, 1.807) is 26.4 Å². The molecule has 1 heterocycles. The maximum absolute atomic E-state index is 13.3. The minimum Gasteiger partial charge on any atom is -0.493 e. The van der Waals surface area contributed by atoms with Gasteiger partial charge in [-0.3, -0.25) is 5.01 Å². The Hall–Kier alpha value is -3.34. The summed E-state index contributed by atoms with van der Waals surface area (Å²) in [6, 6.07) is 22.4. The monoisotopic (exact) mass is 376 g/mol. The predicted octanol–water partition coefficient (Wildman–Crippen LogP) is 5.20. The molecule has 0 spiro atoms. The van der Waals surface area contributed by atoms with Crippen molar-refractivity contribution in [3.63, 3.8) is 0 Å². The molecule has 0 aromatic heterocycles. The van der Waals surface area contributed by atoms with Crippen LogP contribution in [0.25, 0.3) is 0 Å². The first kappa shape index (κ1) is 18.0. The van der Waals surface area contributed by atoms with Gasteiger partial charge in [0.25, 0.3) is 0 Å². The molecule has 4 nitrogen and oxygen atoms in total. The molecule has 142 valence electrons. The van der Waals surface area contributed by atoms with Crippen LogP contribution in [-0.2, 0) is 0 Å². The van der Waals surface area contributed by atoms with Crippen molar-refractivity contribution < 1.29 is 13.9 Å². The number of benzene rings is 3. The molecule has 0 amide bonds. The molecular formula is C23H21FN2O2. The van der Waals surface area contributed by atoms with Crippen LogP contribution in [0.2, 0.25) is 0 Å². The van der Waals surface area contributed by atoms with E-state index in [4.69, 9.17) is 14.6 Å². The Labute approximate surface area is 163 Å². The molecule has 28 heavy (non-hydrogen) atoms. The third-order valence-electron chi connectivity index (χ3n) is 4.90. The van der Waals surface area contributed by atoms with Crippen LogP contribution in [0.4, 0.5) is 10.1 Å². The Kier molecular flexibility index (Phi) is 4.98. The van der Waals surface area contributed by atoms with Crippen molar-refractivity contribution in [2.24, 2.45) is 5.10 Å². The number of halogens is 1. The Morgan fingerprint density at radius 2 is 1.61 bits per heavy atom. The number of ether oxygens (including phenoxy) is 2. The standard InChI is InChI=1S/C23H21FN2O2/c1-27-22-13-10-17(14-23(22)28-2)21-15-20(16-8-11-18(24)12-9-16)25-26(21)19-6-4-3-5-7-19/h3-14,21H,15H2,1-2H3/t21-/m1/s1. The molecule has 1 aliphatic rings.